The molecular weight excluding hydrogens is 422 g/mol. The van der Waals surface area contributed by atoms with Crippen LogP contribution in [0.25, 0.3) is 0 Å². The summed E-state index contributed by atoms with van der Waals surface area (Å²) in [5.74, 6) is -0.00948. The van der Waals surface area contributed by atoms with E-state index in [2.05, 4.69) is 4.90 Å². The van der Waals surface area contributed by atoms with Crippen LogP contribution in [0.15, 0.2) is 53.4 Å². The van der Waals surface area contributed by atoms with Crippen LogP contribution in [0.1, 0.15) is 30.5 Å². The van der Waals surface area contributed by atoms with Crippen LogP contribution in [-0.2, 0) is 21.2 Å². The van der Waals surface area contributed by atoms with Gasteiger partial charge in [-0.05, 0) is 49.2 Å². The fourth-order valence-corrected chi connectivity index (χ4v) is 5.98. The fourth-order valence-electron chi connectivity index (χ4n) is 4.33. The van der Waals surface area contributed by atoms with Crippen LogP contribution in [0.5, 0.6) is 0 Å². The van der Waals surface area contributed by atoms with E-state index in [-0.39, 0.29) is 24.4 Å². The fraction of sp³-hybridized carbons (Fsp3) is 0.409. The Bertz CT molecular complexity index is 1010. The van der Waals surface area contributed by atoms with Crippen LogP contribution in [0, 0.1) is 0 Å². The second-order valence-electron chi connectivity index (χ2n) is 7.87. The molecule has 0 spiro atoms. The van der Waals surface area contributed by atoms with E-state index in [0.717, 1.165) is 29.7 Å². The van der Waals surface area contributed by atoms with Crippen molar-refractivity contribution in [1.29, 1.82) is 0 Å². The average molecular weight is 450 g/mol. The first-order chi connectivity index (χ1) is 13.9. The summed E-state index contributed by atoms with van der Waals surface area (Å²) in [6, 6.07) is 14.8. The van der Waals surface area contributed by atoms with Gasteiger partial charge >= 0.3 is 0 Å². The molecule has 0 aromatic heterocycles. The molecule has 2 aliphatic heterocycles. The molecule has 0 saturated carbocycles. The van der Waals surface area contributed by atoms with Gasteiger partial charge < -0.3 is 9.80 Å². The minimum Gasteiger partial charge on any atom is -0.312 e. The number of benzene rings is 2. The highest BCUT2D eigenvalue weighted by Crippen LogP contribution is 2.34. The van der Waals surface area contributed by atoms with Crippen LogP contribution in [0.2, 0.25) is 0 Å². The number of fused-ring (bicyclic) bond motifs is 1. The molecule has 2 aliphatic rings. The van der Waals surface area contributed by atoms with Crippen molar-refractivity contribution in [3.8, 4) is 0 Å². The Kier molecular flexibility index (Phi) is 6.87. The molecular formula is C22H28ClN3O3S. The first kappa shape index (κ1) is 22.7. The van der Waals surface area contributed by atoms with Gasteiger partial charge in [-0.2, -0.15) is 4.31 Å². The van der Waals surface area contributed by atoms with E-state index in [4.69, 9.17) is 0 Å². The number of nitrogens with zero attached hydrogens (tertiary/aromatic N) is 3. The molecule has 2 heterocycles. The maximum absolute atomic E-state index is 13.6. The minimum atomic E-state index is -3.65. The van der Waals surface area contributed by atoms with Gasteiger partial charge in [0.05, 0.1) is 10.9 Å². The number of halogens is 1. The van der Waals surface area contributed by atoms with Crippen molar-refractivity contribution in [2.24, 2.45) is 0 Å². The topological polar surface area (TPSA) is 60.9 Å². The highest BCUT2D eigenvalue weighted by molar-refractivity contribution is 7.89. The number of rotatable bonds is 3. The predicted molar refractivity (Wildman–Crippen MR) is 121 cm³/mol. The van der Waals surface area contributed by atoms with Crippen LogP contribution in [0.3, 0.4) is 0 Å². The number of aryl methyl sites for hydroxylation is 1. The number of hydrogen-bond acceptors (Lipinski definition) is 4. The summed E-state index contributed by atoms with van der Waals surface area (Å²) < 4.78 is 28.8. The van der Waals surface area contributed by atoms with Crippen molar-refractivity contribution < 1.29 is 13.2 Å². The number of anilines is 1. The second kappa shape index (κ2) is 9.06. The molecule has 0 radical (unpaired) electrons. The molecule has 2 aromatic carbocycles. The van der Waals surface area contributed by atoms with Gasteiger partial charge in [-0.3, -0.25) is 4.79 Å². The Morgan fingerprint density at radius 3 is 2.47 bits per heavy atom. The molecule has 1 atom stereocenters. The van der Waals surface area contributed by atoms with Gasteiger partial charge in [-0.25, -0.2) is 8.42 Å². The normalized spacial score (nSPS) is 20.3. The molecule has 1 fully saturated rings. The van der Waals surface area contributed by atoms with Crippen LogP contribution >= 0.6 is 12.4 Å². The van der Waals surface area contributed by atoms with E-state index < -0.39 is 10.0 Å². The van der Waals surface area contributed by atoms with Gasteiger partial charge in [0.1, 0.15) is 0 Å². The summed E-state index contributed by atoms with van der Waals surface area (Å²) in [7, 11) is -1.63. The standard InChI is InChI=1S/C22H27N3O3S.ClH/c1-17(26)24-12-6-9-19-15-20(10-11-21(19)24)29(27,28)25-14-13-23(2)16-22(25)18-7-4-3-5-8-18;/h3-5,7-8,10-11,15,22H,6,9,12-14,16H2,1-2H3;1H. The number of carbonyl (C=O) groups is 1. The summed E-state index contributed by atoms with van der Waals surface area (Å²) >= 11 is 0. The lowest BCUT2D eigenvalue weighted by Crippen LogP contribution is -2.49. The van der Waals surface area contributed by atoms with Crippen molar-refractivity contribution in [3.05, 3.63) is 59.7 Å². The van der Waals surface area contributed by atoms with Crippen molar-refractivity contribution in [2.45, 2.75) is 30.7 Å². The molecule has 8 heteroatoms. The smallest absolute Gasteiger partial charge is 0.243 e. The Hall–Kier alpha value is -1.93. The third kappa shape index (κ3) is 4.25. The molecule has 0 bridgehead atoms. The van der Waals surface area contributed by atoms with Gasteiger partial charge in [0.15, 0.2) is 0 Å². The molecule has 30 heavy (non-hydrogen) atoms. The Morgan fingerprint density at radius 2 is 1.77 bits per heavy atom. The van der Waals surface area contributed by atoms with E-state index >= 15 is 0 Å². The van der Waals surface area contributed by atoms with E-state index in [1.807, 2.05) is 37.4 Å². The number of carbonyl (C=O) groups excluding carboxylic acids is 1. The quantitative estimate of drug-likeness (QED) is 0.722. The third-order valence-corrected chi connectivity index (χ3v) is 7.78. The minimum absolute atomic E-state index is 0. The zero-order valence-electron chi connectivity index (χ0n) is 17.3. The average Bonchev–Trinajstić information content (AvgIpc) is 2.73. The molecule has 0 N–H and O–H groups in total. The monoisotopic (exact) mass is 449 g/mol. The maximum atomic E-state index is 13.6. The molecule has 4 rings (SSSR count). The van der Waals surface area contributed by atoms with Crippen LogP contribution in [-0.4, -0.2) is 56.8 Å². The first-order valence-corrected chi connectivity index (χ1v) is 11.5. The van der Waals surface area contributed by atoms with Gasteiger partial charge in [0.2, 0.25) is 15.9 Å². The number of sulfonamides is 1. The Balaban J connectivity index is 0.00000256. The van der Waals surface area contributed by atoms with Gasteiger partial charge in [0, 0.05) is 38.8 Å². The molecule has 1 saturated heterocycles. The number of piperazine rings is 1. The summed E-state index contributed by atoms with van der Waals surface area (Å²) in [6.07, 6.45) is 1.63. The number of hydrogen-bond donors (Lipinski definition) is 0. The Labute approximate surface area is 184 Å². The van der Waals surface area contributed by atoms with E-state index in [0.29, 0.717) is 31.1 Å². The van der Waals surface area contributed by atoms with Crippen molar-refractivity contribution in [2.75, 3.05) is 38.1 Å². The maximum Gasteiger partial charge on any atom is 0.243 e. The SMILES string of the molecule is CC(=O)N1CCCc2cc(S(=O)(=O)N3CCN(C)CC3c3ccccc3)ccc21.Cl. The lowest BCUT2D eigenvalue weighted by Gasteiger charge is -2.39. The predicted octanol–water partition coefficient (Wildman–Crippen LogP) is 3.08. The van der Waals surface area contributed by atoms with Crippen molar-refractivity contribution in [3.63, 3.8) is 0 Å². The third-order valence-electron chi connectivity index (χ3n) is 5.87. The number of amides is 1. The molecule has 0 aliphatic carbocycles. The highest BCUT2D eigenvalue weighted by Gasteiger charge is 2.36. The molecule has 2 aromatic rings. The first-order valence-electron chi connectivity index (χ1n) is 10.0. The van der Waals surface area contributed by atoms with Crippen molar-refractivity contribution in [1.82, 2.24) is 9.21 Å². The zero-order valence-corrected chi connectivity index (χ0v) is 19.0. The Morgan fingerprint density at radius 1 is 1.03 bits per heavy atom. The van der Waals surface area contributed by atoms with Gasteiger partial charge in [-0.1, -0.05) is 30.3 Å². The van der Waals surface area contributed by atoms with E-state index in [9.17, 15) is 13.2 Å². The van der Waals surface area contributed by atoms with Crippen molar-refractivity contribution >= 4 is 34.0 Å². The van der Waals surface area contributed by atoms with Gasteiger partial charge in [0.25, 0.3) is 0 Å². The molecule has 162 valence electrons. The van der Waals surface area contributed by atoms with Crippen LogP contribution < -0.4 is 4.90 Å². The largest absolute Gasteiger partial charge is 0.312 e. The summed E-state index contributed by atoms with van der Waals surface area (Å²) in [5, 5.41) is 0. The highest BCUT2D eigenvalue weighted by atomic mass is 35.5. The van der Waals surface area contributed by atoms with Crippen LogP contribution in [0.4, 0.5) is 5.69 Å². The molecule has 1 unspecified atom stereocenters. The lowest BCUT2D eigenvalue weighted by molar-refractivity contribution is -0.116. The molecule has 1 amide bonds. The van der Waals surface area contributed by atoms with Gasteiger partial charge in [-0.15, -0.1) is 12.4 Å². The summed E-state index contributed by atoms with van der Waals surface area (Å²) in [5.41, 5.74) is 2.77. The lowest BCUT2D eigenvalue weighted by atomic mass is 10.0. The summed E-state index contributed by atoms with van der Waals surface area (Å²) in [4.78, 5) is 16.1. The van der Waals surface area contributed by atoms with E-state index in [1.165, 1.54) is 0 Å². The second-order valence-corrected chi connectivity index (χ2v) is 9.76. The summed E-state index contributed by atoms with van der Waals surface area (Å²) in [6.45, 7) is 4.05. The zero-order chi connectivity index (χ0) is 20.6. The number of likely N-dealkylation sites (N-methyl/N-ethyl adjacent to an activating group) is 1. The molecule has 6 nitrogen and oxygen atoms in total. The van der Waals surface area contributed by atoms with E-state index in [1.54, 1.807) is 34.3 Å².